The van der Waals surface area contributed by atoms with Crippen LogP contribution in [0.15, 0.2) is 48.0 Å². The maximum Gasteiger partial charge on any atom is 0.275 e. The molecule has 0 aliphatic heterocycles. The lowest BCUT2D eigenvalue weighted by molar-refractivity contribution is 0.102. The van der Waals surface area contributed by atoms with E-state index in [-0.39, 0.29) is 5.91 Å². The van der Waals surface area contributed by atoms with E-state index in [1.807, 2.05) is 30.5 Å². The molecule has 2 aromatic carbocycles. The number of thiazole rings is 1. The fourth-order valence-corrected chi connectivity index (χ4v) is 3.93. The average Bonchev–Trinajstić information content (AvgIpc) is 3.40. The number of carbonyl (C=O) groups is 1. The number of nitrogens with one attached hydrogen (secondary N) is 2. The zero-order valence-electron chi connectivity index (χ0n) is 16.1. The number of amides is 1. The molecule has 0 saturated carbocycles. The Balaban J connectivity index is 1.60. The minimum atomic E-state index is -0.318. The van der Waals surface area contributed by atoms with Gasteiger partial charge >= 0.3 is 0 Å². The molecule has 7 nitrogen and oxygen atoms in total. The number of fused-ring (bicyclic) bond motifs is 1. The molecule has 0 radical (unpaired) electrons. The summed E-state index contributed by atoms with van der Waals surface area (Å²) in [6, 6.07) is 11.3. The first-order valence-corrected chi connectivity index (χ1v) is 9.66. The van der Waals surface area contributed by atoms with Crippen molar-refractivity contribution in [2.75, 3.05) is 26.6 Å². The summed E-state index contributed by atoms with van der Waals surface area (Å²) in [5.41, 5.74) is 2.86. The number of H-pyrrole nitrogens is 1. The van der Waals surface area contributed by atoms with Gasteiger partial charge in [0.1, 0.15) is 10.7 Å². The van der Waals surface area contributed by atoms with Gasteiger partial charge in [0, 0.05) is 45.9 Å². The molecule has 0 saturated heterocycles. The lowest BCUT2D eigenvalue weighted by Crippen LogP contribution is -2.12. The van der Waals surface area contributed by atoms with Gasteiger partial charge in [-0.25, -0.2) is 4.98 Å². The van der Waals surface area contributed by atoms with Gasteiger partial charge in [0.05, 0.1) is 21.3 Å². The SMILES string of the molecule is COc1cc(NC(=O)c2csc(-c3c[nH]c4ccccc34)n2)cc(OC)c1OC. The monoisotopic (exact) mass is 409 g/mol. The summed E-state index contributed by atoms with van der Waals surface area (Å²) in [6.07, 6.45) is 1.91. The minimum Gasteiger partial charge on any atom is -0.493 e. The predicted octanol–water partition coefficient (Wildman–Crippen LogP) is 4.57. The molecule has 29 heavy (non-hydrogen) atoms. The first-order chi connectivity index (χ1) is 14.1. The Morgan fingerprint density at radius 1 is 1.07 bits per heavy atom. The van der Waals surface area contributed by atoms with Gasteiger partial charge in [-0.1, -0.05) is 18.2 Å². The van der Waals surface area contributed by atoms with Crippen molar-refractivity contribution in [2.45, 2.75) is 0 Å². The van der Waals surface area contributed by atoms with Crippen LogP contribution in [0, 0.1) is 0 Å². The van der Waals surface area contributed by atoms with Crippen LogP contribution in [-0.4, -0.2) is 37.2 Å². The average molecular weight is 409 g/mol. The Labute approximate surface area is 171 Å². The van der Waals surface area contributed by atoms with Crippen LogP contribution >= 0.6 is 11.3 Å². The lowest BCUT2D eigenvalue weighted by Gasteiger charge is -2.14. The zero-order chi connectivity index (χ0) is 20.4. The number of ether oxygens (including phenoxy) is 3. The highest BCUT2D eigenvalue weighted by molar-refractivity contribution is 7.13. The molecule has 4 rings (SSSR count). The Morgan fingerprint density at radius 2 is 1.79 bits per heavy atom. The highest BCUT2D eigenvalue weighted by Gasteiger charge is 2.17. The normalized spacial score (nSPS) is 10.7. The number of methoxy groups -OCH3 is 3. The number of anilines is 1. The maximum absolute atomic E-state index is 12.7. The fourth-order valence-electron chi connectivity index (χ4n) is 3.10. The molecular weight excluding hydrogens is 390 g/mol. The van der Waals surface area contributed by atoms with Crippen LogP contribution < -0.4 is 19.5 Å². The first-order valence-electron chi connectivity index (χ1n) is 8.78. The highest BCUT2D eigenvalue weighted by Crippen LogP contribution is 2.40. The van der Waals surface area contributed by atoms with E-state index in [0.29, 0.717) is 28.6 Å². The van der Waals surface area contributed by atoms with Crippen LogP contribution in [-0.2, 0) is 0 Å². The molecule has 2 aromatic heterocycles. The number of hydrogen-bond acceptors (Lipinski definition) is 6. The number of carbonyl (C=O) groups excluding carboxylic acids is 1. The number of para-hydroxylation sites is 1. The van der Waals surface area contributed by atoms with Crippen molar-refractivity contribution < 1.29 is 19.0 Å². The molecule has 148 valence electrons. The number of aromatic nitrogens is 2. The molecule has 0 atom stereocenters. The van der Waals surface area contributed by atoms with Crippen molar-refractivity contribution >= 4 is 33.8 Å². The van der Waals surface area contributed by atoms with Crippen LogP contribution in [0.4, 0.5) is 5.69 Å². The van der Waals surface area contributed by atoms with E-state index < -0.39 is 0 Å². The molecule has 8 heteroatoms. The summed E-state index contributed by atoms with van der Waals surface area (Å²) in [4.78, 5) is 20.5. The van der Waals surface area contributed by atoms with Gasteiger partial charge in [-0.05, 0) is 6.07 Å². The summed E-state index contributed by atoms with van der Waals surface area (Å²) >= 11 is 1.42. The van der Waals surface area contributed by atoms with Gasteiger partial charge < -0.3 is 24.5 Å². The molecule has 0 aliphatic carbocycles. The summed E-state index contributed by atoms with van der Waals surface area (Å²) in [7, 11) is 4.58. The number of benzene rings is 2. The largest absolute Gasteiger partial charge is 0.493 e. The van der Waals surface area contributed by atoms with E-state index >= 15 is 0 Å². The topological polar surface area (TPSA) is 85.5 Å². The Hall–Kier alpha value is -3.52. The van der Waals surface area contributed by atoms with Gasteiger partial charge in [0.15, 0.2) is 11.5 Å². The molecule has 0 bridgehead atoms. The molecule has 0 unspecified atom stereocenters. The van der Waals surface area contributed by atoms with E-state index in [9.17, 15) is 4.79 Å². The summed E-state index contributed by atoms with van der Waals surface area (Å²) in [6.45, 7) is 0. The molecule has 0 fully saturated rings. The van der Waals surface area contributed by atoms with E-state index in [2.05, 4.69) is 15.3 Å². The predicted molar refractivity (Wildman–Crippen MR) is 113 cm³/mol. The standard InChI is InChI=1S/C21H19N3O4S/c1-26-17-8-12(9-18(27-2)19(17)28-3)23-20(25)16-11-29-21(24-16)14-10-22-15-7-5-4-6-13(14)15/h4-11,22H,1-3H3,(H,23,25). The second-order valence-electron chi connectivity index (χ2n) is 6.15. The lowest BCUT2D eigenvalue weighted by atomic mass is 10.2. The van der Waals surface area contributed by atoms with Crippen molar-refractivity contribution in [1.29, 1.82) is 0 Å². The molecule has 1 amide bonds. The summed E-state index contributed by atoms with van der Waals surface area (Å²) in [5, 5.41) is 6.42. The molecular formula is C21H19N3O4S. The third-order valence-corrected chi connectivity index (χ3v) is 5.35. The quantitative estimate of drug-likeness (QED) is 0.487. The van der Waals surface area contributed by atoms with Crippen molar-refractivity contribution in [3.05, 3.63) is 53.7 Å². The van der Waals surface area contributed by atoms with Crippen LogP contribution in [0.3, 0.4) is 0 Å². The van der Waals surface area contributed by atoms with Gasteiger partial charge in [0.2, 0.25) is 5.75 Å². The van der Waals surface area contributed by atoms with Crippen LogP contribution in [0.1, 0.15) is 10.5 Å². The van der Waals surface area contributed by atoms with E-state index in [4.69, 9.17) is 14.2 Å². The Kier molecular flexibility index (Phi) is 5.09. The summed E-state index contributed by atoms with van der Waals surface area (Å²) < 4.78 is 16.0. The maximum atomic E-state index is 12.7. The molecule has 0 aliphatic rings. The number of aromatic amines is 1. The van der Waals surface area contributed by atoms with Gasteiger partial charge in [-0.2, -0.15) is 0 Å². The number of hydrogen-bond donors (Lipinski definition) is 2. The highest BCUT2D eigenvalue weighted by atomic mass is 32.1. The van der Waals surface area contributed by atoms with Gasteiger partial charge in [-0.3, -0.25) is 4.79 Å². The number of rotatable bonds is 6. The van der Waals surface area contributed by atoms with Gasteiger partial charge in [0.25, 0.3) is 5.91 Å². The van der Waals surface area contributed by atoms with Gasteiger partial charge in [-0.15, -0.1) is 11.3 Å². The fraction of sp³-hybridized carbons (Fsp3) is 0.143. The molecule has 0 spiro atoms. The Morgan fingerprint density at radius 3 is 2.48 bits per heavy atom. The minimum absolute atomic E-state index is 0.318. The first kappa shape index (κ1) is 18.8. The smallest absolute Gasteiger partial charge is 0.275 e. The van der Waals surface area contributed by atoms with Crippen molar-refractivity contribution in [2.24, 2.45) is 0 Å². The van der Waals surface area contributed by atoms with Crippen molar-refractivity contribution in [3.63, 3.8) is 0 Å². The second kappa shape index (κ2) is 7.84. The molecule has 4 aromatic rings. The zero-order valence-corrected chi connectivity index (χ0v) is 16.9. The second-order valence-corrected chi connectivity index (χ2v) is 7.01. The third-order valence-electron chi connectivity index (χ3n) is 4.48. The van der Waals surface area contributed by atoms with Crippen molar-refractivity contribution in [1.82, 2.24) is 9.97 Å². The number of nitrogens with zero attached hydrogens (tertiary/aromatic N) is 1. The van der Waals surface area contributed by atoms with Crippen LogP contribution in [0.25, 0.3) is 21.5 Å². The van der Waals surface area contributed by atoms with Crippen molar-refractivity contribution in [3.8, 4) is 27.8 Å². The Bertz CT molecular complexity index is 1160. The van der Waals surface area contributed by atoms with E-state index in [0.717, 1.165) is 21.5 Å². The third kappa shape index (κ3) is 3.50. The molecule has 2 heterocycles. The summed E-state index contributed by atoms with van der Waals surface area (Å²) in [5.74, 6) is 1.06. The van der Waals surface area contributed by atoms with E-state index in [1.165, 1.54) is 32.7 Å². The van der Waals surface area contributed by atoms with Crippen LogP contribution in [0.2, 0.25) is 0 Å². The molecule has 2 N–H and O–H groups in total. The van der Waals surface area contributed by atoms with E-state index in [1.54, 1.807) is 17.5 Å². The van der Waals surface area contributed by atoms with Crippen LogP contribution in [0.5, 0.6) is 17.2 Å².